The van der Waals surface area contributed by atoms with Gasteiger partial charge in [-0.05, 0) is 60.2 Å². The molecule has 7 rings (SSSR count). The molecule has 0 bridgehead atoms. The normalized spacial score (nSPS) is 15.8. The van der Waals surface area contributed by atoms with Crippen LogP contribution in [0.1, 0.15) is 63.2 Å². The van der Waals surface area contributed by atoms with Gasteiger partial charge < -0.3 is 40.8 Å². The van der Waals surface area contributed by atoms with Crippen molar-refractivity contribution in [2.24, 2.45) is 5.73 Å². The van der Waals surface area contributed by atoms with Crippen LogP contribution in [0, 0.1) is 0 Å². The molecule has 0 aliphatic carbocycles. The van der Waals surface area contributed by atoms with Gasteiger partial charge in [-0.2, -0.15) is 0 Å². The number of anilines is 1. The van der Waals surface area contributed by atoms with Gasteiger partial charge in [0.2, 0.25) is 5.91 Å². The summed E-state index contributed by atoms with van der Waals surface area (Å²) in [6.45, 7) is 4.76. The first kappa shape index (κ1) is 42.1. The van der Waals surface area contributed by atoms with Crippen LogP contribution in [-0.2, 0) is 22.4 Å². The highest BCUT2D eigenvalue weighted by Crippen LogP contribution is 2.46. The molecule has 1 fully saturated rings. The van der Waals surface area contributed by atoms with Gasteiger partial charge in [-0.25, -0.2) is 9.59 Å². The molecule has 0 saturated carbocycles. The van der Waals surface area contributed by atoms with Crippen LogP contribution in [0.4, 0.5) is 15.3 Å². The number of halogens is 1. The lowest BCUT2D eigenvalue weighted by Crippen LogP contribution is -2.48. The molecule has 1 saturated heterocycles. The second-order valence-corrected chi connectivity index (χ2v) is 16.2. The van der Waals surface area contributed by atoms with Gasteiger partial charge in [0.15, 0.2) is 11.6 Å². The number of nitrogens with zero attached hydrogens (tertiary/aromatic N) is 3. The number of amides is 5. The van der Waals surface area contributed by atoms with Gasteiger partial charge in [0.05, 0.1) is 11.7 Å². The minimum absolute atomic E-state index is 0.0109. The number of urea groups is 1. The maximum atomic E-state index is 14.3. The monoisotopic (exact) mass is 877 g/mol. The molecule has 0 spiro atoms. The van der Waals surface area contributed by atoms with E-state index in [0.29, 0.717) is 66.1 Å². The topological polar surface area (TPSA) is 187 Å². The number of H-pyrrole nitrogens is 1. The third-order valence-electron chi connectivity index (χ3n) is 11.2. The number of aromatic amines is 1. The summed E-state index contributed by atoms with van der Waals surface area (Å²) in [7, 11) is 2.03. The molecule has 2 atom stereocenters. The predicted molar refractivity (Wildman–Crippen MR) is 233 cm³/mol. The second kappa shape index (κ2) is 18.5. The summed E-state index contributed by atoms with van der Waals surface area (Å²) in [6, 6.07) is 22.6. The van der Waals surface area contributed by atoms with Gasteiger partial charge in [0.1, 0.15) is 11.4 Å². The highest BCUT2D eigenvalue weighted by atomic mass is 79.9. The largest absolute Gasteiger partial charge is 0.415 e. The van der Waals surface area contributed by atoms with E-state index in [1.54, 1.807) is 40.1 Å². The summed E-state index contributed by atoms with van der Waals surface area (Å²) < 4.78 is 6.06. The number of carbonyl (C=O) groups excluding carboxylic acids is 6. The molecule has 0 unspecified atom stereocenters. The molecule has 3 heterocycles. The molecule has 5 aromatic rings. The van der Waals surface area contributed by atoms with Crippen molar-refractivity contribution in [3.8, 4) is 5.75 Å². The molecule has 15 heteroatoms. The SMILES string of the molecule is CC(=O)N[C@@H](CCCNC(N)=O)C(=O)Cc1ccc(C(=O)Cc2ccc3[nH]c(C(=O)N4C[C@@H](CBr)c5c4cc(OC(=O)N4CCN(C)CC4)c4ccccc54)cc3c2)cc1. The van der Waals surface area contributed by atoms with E-state index in [2.05, 4.69) is 36.4 Å². The number of likely N-dealkylation sites (N-methyl/N-ethyl adjacent to an activating group) is 1. The van der Waals surface area contributed by atoms with E-state index in [1.165, 1.54) is 6.92 Å². The van der Waals surface area contributed by atoms with Crippen molar-refractivity contribution in [2.75, 3.05) is 56.5 Å². The van der Waals surface area contributed by atoms with Crippen molar-refractivity contribution >= 4 is 78.8 Å². The average molecular weight is 879 g/mol. The van der Waals surface area contributed by atoms with Gasteiger partial charge in [-0.1, -0.05) is 70.5 Å². The molecular formula is C45H48BrN7O7. The fraction of sp³-hybridized carbons (Fsp3) is 0.333. The first-order chi connectivity index (χ1) is 28.9. The number of Topliss-reactive ketones (excluding diaryl/α,β-unsaturated/α-hetero) is 2. The number of aromatic nitrogens is 1. The van der Waals surface area contributed by atoms with Crippen LogP contribution in [0.5, 0.6) is 5.75 Å². The lowest BCUT2D eigenvalue weighted by Gasteiger charge is -2.31. The summed E-state index contributed by atoms with van der Waals surface area (Å²) >= 11 is 3.68. The zero-order valence-electron chi connectivity index (χ0n) is 33.6. The summed E-state index contributed by atoms with van der Waals surface area (Å²) in [5, 5.41) is 8.33. The summed E-state index contributed by atoms with van der Waals surface area (Å²) in [5.74, 6) is -0.418. The average Bonchev–Trinajstić information content (AvgIpc) is 3.83. The third-order valence-corrected chi connectivity index (χ3v) is 12.0. The smallest absolute Gasteiger partial charge is 0.409 e. The Bertz CT molecular complexity index is 2460. The molecule has 2 aliphatic rings. The Kier molecular flexibility index (Phi) is 13.0. The number of piperazine rings is 1. The maximum absolute atomic E-state index is 14.3. The van der Waals surface area contributed by atoms with Crippen molar-refractivity contribution in [1.29, 1.82) is 0 Å². The number of nitrogens with two attached hydrogens (primary N) is 1. The standard InChI is InChI=1S/C45H48BrN7O7/c1-27(54)49-36(8-5-15-48-44(47)58)40(56)21-28-9-12-30(13-10-28)39(55)22-29-11-14-35-31(20-29)23-37(50-35)43(57)53-26-32(25-46)42-34-7-4-3-6-33(34)41(24-38(42)53)60-45(59)52-18-16-51(2)17-19-52/h3-4,6-7,9-14,20,23-24,32,36,50H,5,8,15-19,21-22,25-26H2,1-2H3,(H,49,54)(H3,47,48,58)/t32-,36+/m1/s1. The highest BCUT2D eigenvalue weighted by molar-refractivity contribution is 9.09. The number of ether oxygens (including phenoxy) is 1. The van der Waals surface area contributed by atoms with Gasteiger partial charge in [-0.15, -0.1) is 0 Å². The van der Waals surface area contributed by atoms with E-state index in [-0.39, 0.29) is 48.7 Å². The van der Waals surface area contributed by atoms with Crippen LogP contribution in [0.2, 0.25) is 0 Å². The molecule has 5 amide bonds. The van der Waals surface area contributed by atoms with Crippen molar-refractivity contribution < 1.29 is 33.5 Å². The number of primary amides is 1. The number of nitrogens with one attached hydrogen (secondary N) is 3. The van der Waals surface area contributed by atoms with Crippen LogP contribution >= 0.6 is 15.9 Å². The van der Waals surface area contributed by atoms with Crippen LogP contribution in [0.15, 0.2) is 78.9 Å². The molecule has 5 N–H and O–H groups in total. The number of rotatable bonds is 14. The zero-order valence-corrected chi connectivity index (χ0v) is 35.2. The molecule has 312 valence electrons. The second-order valence-electron chi connectivity index (χ2n) is 15.5. The lowest BCUT2D eigenvalue weighted by atomic mass is 9.95. The van der Waals surface area contributed by atoms with Gasteiger partial charge in [-0.3, -0.25) is 19.2 Å². The molecule has 14 nitrogen and oxygen atoms in total. The summed E-state index contributed by atoms with van der Waals surface area (Å²) in [4.78, 5) is 85.7. The van der Waals surface area contributed by atoms with E-state index in [1.807, 2.05) is 55.6 Å². The highest BCUT2D eigenvalue weighted by Gasteiger charge is 2.36. The molecule has 1 aromatic heterocycles. The molecule has 2 aliphatic heterocycles. The Labute approximate surface area is 355 Å². The Balaban J connectivity index is 1.04. The third kappa shape index (κ3) is 9.53. The fourth-order valence-electron chi connectivity index (χ4n) is 8.01. The number of ketones is 2. The molecule has 60 heavy (non-hydrogen) atoms. The van der Waals surface area contributed by atoms with Gasteiger partial charge in [0.25, 0.3) is 5.91 Å². The molecule has 4 aromatic carbocycles. The summed E-state index contributed by atoms with van der Waals surface area (Å²) in [6.07, 6.45) is 0.583. The van der Waals surface area contributed by atoms with Crippen molar-refractivity contribution in [1.82, 2.24) is 25.4 Å². The van der Waals surface area contributed by atoms with Gasteiger partial charge >= 0.3 is 12.1 Å². The number of fused-ring (bicyclic) bond motifs is 4. The minimum atomic E-state index is -0.716. The molecular weight excluding hydrogens is 830 g/mol. The Morgan fingerprint density at radius 2 is 1.62 bits per heavy atom. The van der Waals surface area contributed by atoms with Crippen LogP contribution in [0.3, 0.4) is 0 Å². The Hall–Kier alpha value is -6.06. The summed E-state index contributed by atoms with van der Waals surface area (Å²) in [5.41, 5.74) is 9.94. The first-order valence-electron chi connectivity index (χ1n) is 20.0. The van der Waals surface area contributed by atoms with Crippen molar-refractivity contribution in [3.63, 3.8) is 0 Å². The molecule has 0 radical (unpaired) electrons. The van der Waals surface area contributed by atoms with E-state index in [4.69, 9.17) is 10.5 Å². The number of hydrogen-bond donors (Lipinski definition) is 4. The maximum Gasteiger partial charge on any atom is 0.415 e. The quantitative estimate of drug-likeness (QED) is 0.0622. The number of hydrogen-bond acceptors (Lipinski definition) is 8. The predicted octanol–water partition coefficient (Wildman–Crippen LogP) is 5.70. The first-order valence-corrected chi connectivity index (χ1v) is 21.2. The number of alkyl halides is 1. The van der Waals surface area contributed by atoms with Crippen molar-refractivity contribution in [3.05, 3.63) is 107 Å². The Morgan fingerprint density at radius 1 is 0.900 bits per heavy atom. The van der Waals surface area contributed by atoms with Crippen LogP contribution in [-0.4, -0.2) is 108 Å². The van der Waals surface area contributed by atoms with Crippen LogP contribution < -0.4 is 26.0 Å². The number of benzene rings is 4. The number of carbonyl (C=O) groups is 6. The van der Waals surface area contributed by atoms with Crippen molar-refractivity contribution in [2.45, 2.75) is 44.6 Å². The van der Waals surface area contributed by atoms with E-state index in [0.717, 1.165) is 45.9 Å². The fourth-order valence-corrected chi connectivity index (χ4v) is 8.54. The Morgan fingerprint density at radius 3 is 2.32 bits per heavy atom. The van der Waals surface area contributed by atoms with Gasteiger partial charge in [0, 0.05) is 98.2 Å². The minimum Gasteiger partial charge on any atom is -0.409 e. The van der Waals surface area contributed by atoms with E-state index < -0.39 is 18.2 Å². The zero-order chi connectivity index (χ0) is 42.5. The lowest BCUT2D eigenvalue weighted by molar-refractivity contribution is -0.126. The van der Waals surface area contributed by atoms with Crippen LogP contribution in [0.25, 0.3) is 21.7 Å². The van der Waals surface area contributed by atoms with E-state index in [9.17, 15) is 28.8 Å². The van der Waals surface area contributed by atoms with E-state index >= 15 is 0 Å².